The Bertz CT molecular complexity index is 1060. The Morgan fingerprint density at radius 3 is 2.77 bits per heavy atom. The summed E-state index contributed by atoms with van der Waals surface area (Å²) in [5, 5.41) is 19.4. The largest absolute Gasteiger partial charge is 0.507 e. The zero-order valence-electron chi connectivity index (χ0n) is 13.5. The number of pyridine rings is 1. The molecule has 8 heteroatoms. The molecule has 0 aliphatic carbocycles. The smallest absolute Gasteiger partial charge is 0.326 e. The second kappa shape index (κ2) is 7.36. The maximum atomic E-state index is 11.8. The van der Waals surface area contributed by atoms with Crippen LogP contribution in [0.15, 0.2) is 59.2 Å². The molecule has 0 spiro atoms. The number of carbonyl (C=O) groups is 1. The molecule has 3 rings (SSSR count). The minimum atomic E-state index is -0.716. The highest BCUT2D eigenvalue weighted by Gasteiger charge is 2.15. The topological polar surface area (TPSA) is 121 Å². The number of carbonyl (C=O) groups excluding carboxylic acids is 1. The summed E-state index contributed by atoms with van der Waals surface area (Å²) < 4.78 is 6.12. The third-order valence-electron chi connectivity index (χ3n) is 3.59. The van der Waals surface area contributed by atoms with Crippen LogP contribution in [0.1, 0.15) is 5.82 Å². The van der Waals surface area contributed by atoms with Crippen molar-refractivity contribution in [2.24, 2.45) is 0 Å². The first kappa shape index (κ1) is 17.0. The van der Waals surface area contributed by atoms with E-state index in [1.165, 1.54) is 16.8 Å². The number of H-pyrrole nitrogens is 1. The van der Waals surface area contributed by atoms with Crippen molar-refractivity contribution in [1.82, 2.24) is 14.5 Å². The fourth-order valence-electron chi connectivity index (χ4n) is 2.32. The highest BCUT2D eigenvalue weighted by molar-refractivity contribution is 5.82. The van der Waals surface area contributed by atoms with E-state index in [4.69, 9.17) is 4.74 Å². The molecule has 2 aromatic heterocycles. The zero-order chi connectivity index (χ0) is 18.5. The van der Waals surface area contributed by atoms with Crippen molar-refractivity contribution in [2.45, 2.75) is 6.54 Å². The summed E-state index contributed by atoms with van der Waals surface area (Å²) in [6.45, 7) is -0.792. The van der Waals surface area contributed by atoms with Crippen LogP contribution in [0.25, 0.3) is 16.6 Å². The van der Waals surface area contributed by atoms with Gasteiger partial charge in [0.2, 0.25) is 0 Å². The van der Waals surface area contributed by atoms with Gasteiger partial charge in [-0.2, -0.15) is 5.26 Å². The summed E-state index contributed by atoms with van der Waals surface area (Å²) in [7, 11) is 0. The van der Waals surface area contributed by atoms with Crippen molar-refractivity contribution in [2.75, 3.05) is 6.61 Å². The third-order valence-corrected chi connectivity index (χ3v) is 3.59. The number of ether oxygens (including phenoxy) is 1. The number of hydrogen-bond donors (Lipinski definition) is 2. The van der Waals surface area contributed by atoms with Crippen LogP contribution in [0.3, 0.4) is 0 Å². The van der Waals surface area contributed by atoms with E-state index in [1.54, 1.807) is 30.3 Å². The molecule has 0 bridgehead atoms. The fraction of sp³-hybridized carbons (Fsp3) is 0.111. The molecule has 1 aromatic carbocycles. The highest BCUT2D eigenvalue weighted by atomic mass is 16.5. The number of nitriles is 1. The molecule has 0 unspecified atom stereocenters. The average molecular weight is 350 g/mol. The molecule has 2 heterocycles. The molecule has 130 valence electrons. The van der Waals surface area contributed by atoms with Gasteiger partial charge in [-0.3, -0.25) is 9.59 Å². The van der Waals surface area contributed by atoms with Gasteiger partial charge in [0.1, 0.15) is 24.8 Å². The van der Waals surface area contributed by atoms with Crippen molar-refractivity contribution in [1.29, 1.82) is 5.26 Å². The Balaban J connectivity index is 1.73. The Hall–Kier alpha value is -3.86. The number of benzene rings is 1. The minimum absolute atomic E-state index is 0.120. The van der Waals surface area contributed by atoms with Crippen LogP contribution in [0.5, 0.6) is 0 Å². The number of nitrogens with one attached hydrogen (secondary N) is 1. The number of aliphatic hydroxyl groups is 1. The van der Waals surface area contributed by atoms with E-state index >= 15 is 0 Å². The first-order valence-corrected chi connectivity index (χ1v) is 7.67. The van der Waals surface area contributed by atoms with Crippen LogP contribution in [0, 0.1) is 11.3 Å². The van der Waals surface area contributed by atoms with E-state index in [1.807, 2.05) is 12.1 Å². The number of aromatic amines is 1. The van der Waals surface area contributed by atoms with Crippen molar-refractivity contribution in [3.63, 3.8) is 0 Å². The van der Waals surface area contributed by atoms with Gasteiger partial charge >= 0.3 is 5.97 Å². The Morgan fingerprint density at radius 2 is 2.04 bits per heavy atom. The Kier molecular flexibility index (Phi) is 4.80. The lowest BCUT2D eigenvalue weighted by Crippen LogP contribution is -2.24. The van der Waals surface area contributed by atoms with Crippen molar-refractivity contribution in [3.05, 3.63) is 70.6 Å². The summed E-state index contributed by atoms with van der Waals surface area (Å²) in [5.41, 5.74) is 0.891. The summed E-state index contributed by atoms with van der Waals surface area (Å²) in [6.07, 6.45) is 1.45. The van der Waals surface area contributed by atoms with Crippen LogP contribution in [-0.2, 0) is 16.1 Å². The number of rotatable bonds is 5. The molecule has 0 amide bonds. The van der Waals surface area contributed by atoms with Gasteiger partial charge in [-0.15, -0.1) is 0 Å². The lowest BCUT2D eigenvalue weighted by atomic mass is 10.2. The molecule has 3 aromatic rings. The molecule has 0 radical (unpaired) electrons. The van der Waals surface area contributed by atoms with Gasteiger partial charge in [-0.05, 0) is 18.2 Å². The van der Waals surface area contributed by atoms with Crippen LogP contribution >= 0.6 is 0 Å². The highest BCUT2D eigenvalue weighted by Crippen LogP contribution is 2.18. The van der Waals surface area contributed by atoms with Crippen molar-refractivity contribution < 1.29 is 14.6 Å². The van der Waals surface area contributed by atoms with Crippen LogP contribution < -0.4 is 5.56 Å². The van der Waals surface area contributed by atoms with E-state index in [2.05, 4.69) is 9.97 Å². The predicted molar refractivity (Wildman–Crippen MR) is 92.9 cm³/mol. The molecule has 8 nitrogen and oxygen atoms in total. The first-order valence-electron chi connectivity index (χ1n) is 7.67. The van der Waals surface area contributed by atoms with E-state index in [0.717, 1.165) is 0 Å². The van der Waals surface area contributed by atoms with E-state index in [-0.39, 0.29) is 23.5 Å². The van der Waals surface area contributed by atoms with Gasteiger partial charge in [0.25, 0.3) is 5.56 Å². The van der Waals surface area contributed by atoms with Gasteiger partial charge in [0, 0.05) is 12.3 Å². The molecule has 0 aliphatic rings. The number of esters is 1. The van der Waals surface area contributed by atoms with E-state index in [9.17, 15) is 20.0 Å². The first-order chi connectivity index (χ1) is 12.6. The molecule has 0 aliphatic heterocycles. The van der Waals surface area contributed by atoms with Gasteiger partial charge in [-0.1, -0.05) is 18.2 Å². The summed E-state index contributed by atoms with van der Waals surface area (Å²) >= 11 is 0. The van der Waals surface area contributed by atoms with Crippen molar-refractivity contribution in [3.8, 4) is 6.07 Å². The number of aromatic nitrogens is 3. The number of fused-ring (bicyclic) bond motifs is 1. The molecule has 0 saturated heterocycles. The molecule has 0 atom stereocenters. The minimum Gasteiger partial charge on any atom is -0.507 e. The van der Waals surface area contributed by atoms with E-state index < -0.39 is 18.3 Å². The van der Waals surface area contributed by atoms with E-state index in [0.29, 0.717) is 11.0 Å². The second-order valence-corrected chi connectivity index (χ2v) is 5.36. The molecular formula is C18H14N4O4. The van der Waals surface area contributed by atoms with Gasteiger partial charge in [0.15, 0.2) is 11.6 Å². The van der Waals surface area contributed by atoms with Crippen LogP contribution in [0.4, 0.5) is 0 Å². The number of para-hydroxylation sites is 2. The Morgan fingerprint density at radius 1 is 1.27 bits per heavy atom. The number of hydrogen-bond acceptors (Lipinski definition) is 6. The lowest BCUT2D eigenvalue weighted by Gasteiger charge is -2.07. The summed E-state index contributed by atoms with van der Waals surface area (Å²) in [5.74, 6) is -0.964. The normalized spacial score (nSPS) is 11.7. The fourth-order valence-corrected chi connectivity index (χ4v) is 2.32. The molecule has 0 saturated carbocycles. The lowest BCUT2D eigenvalue weighted by molar-refractivity contribution is -0.144. The Labute approximate surface area is 147 Å². The standard InChI is InChI=1S/C18H14N4O4/c19-9-12(18-20-13-5-1-2-6-14(13)21-18)15(23)11-26-17(25)10-22-8-4-3-7-16(22)24/h1-8,23H,10-11H2,(H,20,21)/b15-12-. The predicted octanol–water partition coefficient (Wildman–Crippen LogP) is 1.76. The number of allylic oxidation sites excluding steroid dienone is 1. The quantitative estimate of drug-likeness (QED) is 0.411. The zero-order valence-corrected chi connectivity index (χ0v) is 13.5. The maximum absolute atomic E-state index is 11.8. The second-order valence-electron chi connectivity index (χ2n) is 5.36. The van der Waals surface area contributed by atoms with Gasteiger partial charge in [-0.25, -0.2) is 4.98 Å². The summed E-state index contributed by atoms with van der Waals surface area (Å²) in [6, 6.07) is 13.5. The number of nitrogens with zero attached hydrogens (tertiary/aromatic N) is 3. The molecule has 26 heavy (non-hydrogen) atoms. The van der Waals surface area contributed by atoms with Gasteiger partial charge < -0.3 is 19.4 Å². The number of imidazole rings is 1. The maximum Gasteiger partial charge on any atom is 0.326 e. The molecule has 2 N–H and O–H groups in total. The third kappa shape index (κ3) is 3.62. The van der Waals surface area contributed by atoms with Crippen LogP contribution in [0.2, 0.25) is 0 Å². The monoisotopic (exact) mass is 350 g/mol. The molecule has 0 fully saturated rings. The van der Waals surface area contributed by atoms with Gasteiger partial charge in [0.05, 0.1) is 11.0 Å². The summed E-state index contributed by atoms with van der Waals surface area (Å²) in [4.78, 5) is 30.5. The SMILES string of the molecule is N#C/C(=C(/O)COC(=O)Cn1ccccc1=O)c1nc2ccccc2[nH]1. The molecular weight excluding hydrogens is 336 g/mol. The average Bonchev–Trinajstić information content (AvgIpc) is 3.06. The number of aliphatic hydroxyl groups excluding tert-OH is 1. The van der Waals surface area contributed by atoms with Crippen molar-refractivity contribution >= 4 is 22.6 Å². The van der Waals surface area contributed by atoms with Crippen LogP contribution in [-0.4, -0.2) is 32.2 Å².